The third-order valence-corrected chi connectivity index (χ3v) is 1.55. The highest BCUT2D eigenvalue weighted by atomic mass is 32.2. The lowest BCUT2D eigenvalue weighted by Gasteiger charge is -2.00. The number of hydrogen-bond acceptors (Lipinski definition) is 4. The standard InChI is InChI=1S/C5H7NO3S/c7-10(8)2-1-5-3-9-4-6-5/h3-4H,1-2H2,(H,7,8)/p-1. The molecule has 1 aromatic rings. The Morgan fingerprint density at radius 3 is 3.10 bits per heavy atom. The van der Waals surface area contributed by atoms with E-state index in [1.807, 2.05) is 0 Å². The number of aryl methyl sites for hydroxylation is 1. The Bertz CT molecular complexity index is 209. The third kappa shape index (κ3) is 2.28. The van der Waals surface area contributed by atoms with Gasteiger partial charge in [0.05, 0.1) is 5.69 Å². The van der Waals surface area contributed by atoms with Gasteiger partial charge in [-0.05, 0) is 0 Å². The molecule has 1 aromatic heterocycles. The molecule has 0 radical (unpaired) electrons. The van der Waals surface area contributed by atoms with Crippen LogP contribution >= 0.6 is 0 Å². The molecule has 0 amide bonds. The Hall–Kier alpha value is -0.680. The van der Waals surface area contributed by atoms with Crippen LogP contribution in [0.3, 0.4) is 0 Å². The number of nitrogens with zero attached hydrogens (tertiary/aromatic N) is 1. The van der Waals surface area contributed by atoms with E-state index in [1.54, 1.807) is 0 Å². The molecule has 0 bridgehead atoms. The molecule has 0 N–H and O–H groups in total. The fourth-order valence-electron chi connectivity index (χ4n) is 0.549. The Morgan fingerprint density at radius 1 is 1.80 bits per heavy atom. The summed E-state index contributed by atoms with van der Waals surface area (Å²) in [7, 11) is 0. The molecular weight excluding hydrogens is 154 g/mol. The van der Waals surface area contributed by atoms with E-state index in [-0.39, 0.29) is 5.75 Å². The van der Waals surface area contributed by atoms with Crippen molar-refractivity contribution in [2.75, 3.05) is 5.75 Å². The molecule has 10 heavy (non-hydrogen) atoms. The van der Waals surface area contributed by atoms with E-state index in [2.05, 4.69) is 9.40 Å². The summed E-state index contributed by atoms with van der Waals surface area (Å²) < 4.78 is 24.7. The van der Waals surface area contributed by atoms with Gasteiger partial charge in [0.1, 0.15) is 6.26 Å². The summed E-state index contributed by atoms with van der Waals surface area (Å²) in [5, 5.41) is 0. The molecule has 0 saturated carbocycles. The Balaban J connectivity index is 2.35. The fraction of sp³-hybridized carbons (Fsp3) is 0.400. The van der Waals surface area contributed by atoms with E-state index in [1.165, 1.54) is 12.7 Å². The van der Waals surface area contributed by atoms with Gasteiger partial charge < -0.3 is 8.97 Å². The summed E-state index contributed by atoms with van der Waals surface area (Å²) in [6.45, 7) is 0. The largest absolute Gasteiger partial charge is 0.772 e. The maximum absolute atomic E-state index is 10.0. The van der Waals surface area contributed by atoms with Crippen LogP contribution in [0.25, 0.3) is 0 Å². The maximum Gasteiger partial charge on any atom is 0.180 e. The van der Waals surface area contributed by atoms with Crippen LogP contribution in [0.2, 0.25) is 0 Å². The average molecular weight is 160 g/mol. The lowest BCUT2D eigenvalue weighted by molar-refractivity contribution is 0.536. The molecule has 1 rings (SSSR count). The lowest BCUT2D eigenvalue weighted by atomic mass is 10.4. The van der Waals surface area contributed by atoms with Gasteiger partial charge >= 0.3 is 0 Å². The van der Waals surface area contributed by atoms with E-state index in [0.29, 0.717) is 12.1 Å². The topological polar surface area (TPSA) is 66.2 Å². The molecule has 5 heteroatoms. The van der Waals surface area contributed by atoms with Gasteiger partial charge in [0, 0.05) is 12.2 Å². The van der Waals surface area contributed by atoms with Crippen molar-refractivity contribution >= 4 is 11.1 Å². The molecule has 1 heterocycles. The molecule has 56 valence electrons. The summed E-state index contributed by atoms with van der Waals surface area (Å²) in [6, 6.07) is 0. The Labute approximate surface area is 60.6 Å². The van der Waals surface area contributed by atoms with Crippen LogP contribution in [-0.2, 0) is 17.5 Å². The lowest BCUT2D eigenvalue weighted by Crippen LogP contribution is -1.99. The van der Waals surface area contributed by atoms with Gasteiger partial charge in [0.25, 0.3) is 0 Å². The van der Waals surface area contributed by atoms with E-state index in [9.17, 15) is 8.76 Å². The van der Waals surface area contributed by atoms with Crippen LogP contribution in [0.4, 0.5) is 0 Å². The minimum absolute atomic E-state index is 0.104. The smallest absolute Gasteiger partial charge is 0.180 e. The summed E-state index contributed by atoms with van der Waals surface area (Å²) in [5.74, 6) is 0.104. The first-order valence-electron chi connectivity index (χ1n) is 2.72. The van der Waals surface area contributed by atoms with Gasteiger partial charge in [-0.1, -0.05) is 11.1 Å². The fourth-order valence-corrected chi connectivity index (χ4v) is 0.925. The molecule has 4 nitrogen and oxygen atoms in total. The molecule has 0 aliphatic heterocycles. The summed E-state index contributed by atoms with van der Waals surface area (Å²) in [6.07, 6.45) is 3.14. The van der Waals surface area contributed by atoms with Crippen LogP contribution in [0.1, 0.15) is 5.69 Å². The molecule has 1 unspecified atom stereocenters. The van der Waals surface area contributed by atoms with Crippen molar-refractivity contribution in [3.05, 3.63) is 18.4 Å². The Kier molecular flexibility index (Phi) is 2.58. The van der Waals surface area contributed by atoms with Crippen molar-refractivity contribution in [1.29, 1.82) is 0 Å². The van der Waals surface area contributed by atoms with Crippen molar-refractivity contribution in [1.82, 2.24) is 4.98 Å². The monoisotopic (exact) mass is 160 g/mol. The highest BCUT2D eigenvalue weighted by Gasteiger charge is 1.94. The van der Waals surface area contributed by atoms with Gasteiger partial charge in [-0.2, -0.15) is 0 Å². The first-order chi connectivity index (χ1) is 4.79. The van der Waals surface area contributed by atoms with Crippen LogP contribution < -0.4 is 0 Å². The predicted molar refractivity (Wildman–Crippen MR) is 34.0 cm³/mol. The first kappa shape index (κ1) is 7.43. The minimum atomic E-state index is -1.98. The van der Waals surface area contributed by atoms with Gasteiger partial charge in [-0.15, -0.1) is 0 Å². The van der Waals surface area contributed by atoms with Gasteiger partial charge in [-0.25, -0.2) is 4.98 Å². The van der Waals surface area contributed by atoms with Gasteiger partial charge in [0.2, 0.25) is 0 Å². The van der Waals surface area contributed by atoms with E-state index in [0.717, 1.165) is 0 Å². The van der Waals surface area contributed by atoms with Crippen molar-refractivity contribution in [2.24, 2.45) is 0 Å². The van der Waals surface area contributed by atoms with Crippen molar-refractivity contribution in [3.63, 3.8) is 0 Å². The second-order valence-corrected chi connectivity index (χ2v) is 2.75. The zero-order chi connectivity index (χ0) is 7.40. The zero-order valence-electron chi connectivity index (χ0n) is 5.15. The number of oxazole rings is 1. The quantitative estimate of drug-likeness (QED) is 0.588. The van der Waals surface area contributed by atoms with Crippen molar-refractivity contribution in [3.8, 4) is 0 Å². The SMILES string of the molecule is O=S([O-])CCc1cocn1. The minimum Gasteiger partial charge on any atom is -0.772 e. The first-order valence-corrected chi connectivity index (χ1v) is 3.96. The molecule has 0 fully saturated rings. The molecule has 1 atom stereocenters. The van der Waals surface area contributed by atoms with Gasteiger partial charge in [0.15, 0.2) is 6.39 Å². The predicted octanol–water partition coefficient (Wildman–Crippen LogP) is 0.0962. The summed E-state index contributed by atoms with van der Waals surface area (Å²) >= 11 is -1.98. The van der Waals surface area contributed by atoms with Crippen LogP contribution in [0, 0.1) is 0 Å². The zero-order valence-corrected chi connectivity index (χ0v) is 5.97. The molecular formula is C5H6NO3S-. The highest BCUT2D eigenvalue weighted by molar-refractivity contribution is 7.79. The summed E-state index contributed by atoms with van der Waals surface area (Å²) in [4.78, 5) is 3.75. The normalized spacial score (nSPS) is 13.3. The second-order valence-electron chi connectivity index (χ2n) is 1.74. The highest BCUT2D eigenvalue weighted by Crippen LogP contribution is 1.95. The maximum atomic E-state index is 10.0. The number of rotatable bonds is 3. The van der Waals surface area contributed by atoms with Crippen LogP contribution in [0.15, 0.2) is 17.1 Å². The average Bonchev–Trinajstić information content (AvgIpc) is 2.34. The van der Waals surface area contributed by atoms with E-state index in [4.69, 9.17) is 0 Å². The second kappa shape index (κ2) is 3.48. The van der Waals surface area contributed by atoms with Gasteiger partial charge in [-0.3, -0.25) is 4.21 Å². The molecule has 0 aliphatic rings. The third-order valence-electron chi connectivity index (χ3n) is 1.01. The van der Waals surface area contributed by atoms with E-state index >= 15 is 0 Å². The molecule has 0 aliphatic carbocycles. The summed E-state index contributed by atoms with van der Waals surface area (Å²) in [5.41, 5.74) is 0.671. The van der Waals surface area contributed by atoms with Crippen molar-refractivity contribution in [2.45, 2.75) is 6.42 Å². The molecule has 0 spiro atoms. The number of aromatic nitrogens is 1. The van der Waals surface area contributed by atoms with Crippen LogP contribution in [0.5, 0.6) is 0 Å². The van der Waals surface area contributed by atoms with Crippen LogP contribution in [-0.4, -0.2) is 19.5 Å². The Morgan fingerprint density at radius 2 is 2.60 bits per heavy atom. The van der Waals surface area contributed by atoms with Crippen molar-refractivity contribution < 1.29 is 13.2 Å². The number of hydrogen-bond donors (Lipinski definition) is 0. The molecule has 0 aromatic carbocycles. The molecule has 0 saturated heterocycles. The van der Waals surface area contributed by atoms with E-state index < -0.39 is 11.1 Å².